The molecule has 0 saturated carbocycles. The van der Waals surface area contributed by atoms with Crippen molar-refractivity contribution in [2.75, 3.05) is 54.6 Å². The van der Waals surface area contributed by atoms with Crippen molar-refractivity contribution in [3.63, 3.8) is 0 Å². The average Bonchev–Trinajstić information content (AvgIpc) is 3.24. The molecule has 182 valence electrons. The number of rotatable bonds is 6. The number of thioether (sulfide) groups is 1. The highest BCUT2D eigenvalue weighted by Gasteiger charge is 2.43. The smallest absolute Gasteiger partial charge is 0.338 e. The molecule has 3 aliphatic rings. The number of likely N-dealkylation sites (N-methyl/N-ethyl adjacent to an activating group) is 1. The van der Waals surface area contributed by atoms with Crippen LogP contribution in [0.2, 0.25) is 0 Å². The van der Waals surface area contributed by atoms with Crippen LogP contribution in [0, 0.1) is 0 Å². The van der Waals surface area contributed by atoms with Crippen LogP contribution in [0.15, 0.2) is 45.6 Å². The lowest BCUT2D eigenvalue weighted by atomic mass is 9.92. The third-order valence-electron chi connectivity index (χ3n) is 6.32. The Morgan fingerprint density at radius 2 is 1.85 bits per heavy atom. The van der Waals surface area contributed by atoms with E-state index in [4.69, 9.17) is 14.2 Å². The second kappa shape index (κ2) is 10.1. The first-order valence-electron chi connectivity index (χ1n) is 11.1. The van der Waals surface area contributed by atoms with E-state index < -0.39 is 12.0 Å². The van der Waals surface area contributed by atoms with Crippen molar-refractivity contribution < 1.29 is 23.8 Å². The highest BCUT2D eigenvalue weighted by molar-refractivity contribution is 8.16. The molecular weight excluding hydrogens is 456 g/mol. The maximum absolute atomic E-state index is 13.2. The lowest BCUT2D eigenvalue weighted by molar-refractivity contribution is -0.136. The molecule has 0 aliphatic carbocycles. The summed E-state index contributed by atoms with van der Waals surface area (Å²) in [6.07, 6.45) is 0.214. The van der Waals surface area contributed by atoms with E-state index in [1.807, 2.05) is 27.3 Å². The summed E-state index contributed by atoms with van der Waals surface area (Å²) in [5, 5.41) is 2.65. The number of carbonyl (C=O) groups is 2. The molecule has 1 fully saturated rings. The van der Waals surface area contributed by atoms with E-state index in [1.165, 1.54) is 18.9 Å². The van der Waals surface area contributed by atoms with Gasteiger partial charge in [0.25, 0.3) is 0 Å². The van der Waals surface area contributed by atoms with Crippen molar-refractivity contribution in [3.8, 4) is 11.5 Å². The molecule has 3 aliphatic heterocycles. The lowest BCUT2D eigenvalue weighted by Gasteiger charge is -2.37. The van der Waals surface area contributed by atoms with Gasteiger partial charge >= 0.3 is 5.97 Å². The maximum Gasteiger partial charge on any atom is 0.338 e. The Morgan fingerprint density at radius 1 is 1.12 bits per heavy atom. The summed E-state index contributed by atoms with van der Waals surface area (Å²) in [5.74, 6) is 0.657. The normalized spacial score (nSPS) is 20.6. The number of piperazine rings is 1. The minimum absolute atomic E-state index is 0.0588. The summed E-state index contributed by atoms with van der Waals surface area (Å²) >= 11 is 1.45. The molecule has 0 unspecified atom stereocenters. The first kappa shape index (κ1) is 24.2. The molecular formula is C24H30N4O5S. The number of benzene rings is 1. The molecule has 1 aromatic carbocycles. The van der Waals surface area contributed by atoms with Gasteiger partial charge in [0.1, 0.15) is 0 Å². The van der Waals surface area contributed by atoms with Crippen molar-refractivity contribution in [2.24, 2.45) is 4.99 Å². The molecule has 0 N–H and O–H groups in total. The van der Waals surface area contributed by atoms with Crippen LogP contribution in [0.3, 0.4) is 0 Å². The molecule has 1 amide bonds. The van der Waals surface area contributed by atoms with Crippen LogP contribution in [-0.4, -0.2) is 86.3 Å². The number of amides is 1. The van der Waals surface area contributed by atoms with Crippen molar-refractivity contribution in [1.29, 1.82) is 0 Å². The number of aliphatic imine (C=N–C) groups is 1. The number of carbonyl (C=O) groups excluding carboxylic acids is 2. The second-order valence-corrected chi connectivity index (χ2v) is 9.16. The zero-order chi connectivity index (χ0) is 24.4. The molecule has 0 radical (unpaired) electrons. The van der Waals surface area contributed by atoms with Gasteiger partial charge in [0.2, 0.25) is 5.91 Å². The van der Waals surface area contributed by atoms with Crippen molar-refractivity contribution >= 4 is 28.8 Å². The van der Waals surface area contributed by atoms with Crippen LogP contribution < -0.4 is 9.47 Å². The average molecular weight is 487 g/mol. The molecule has 3 heterocycles. The third kappa shape index (κ3) is 4.39. The minimum atomic E-state index is -0.577. The quantitative estimate of drug-likeness (QED) is 0.568. The minimum Gasteiger partial charge on any atom is -0.493 e. The van der Waals surface area contributed by atoms with Gasteiger partial charge in [0.15, 0.2) is 16.7 Å². The number of esters is 1. The summed E-state index contributed by atoms with van der Waals surface area (Å²) in [6.45, 7) is 4.92. The molecule has 0 bridgehead atoms. The van der Waals surface area contributed by atoms with E-state index in [0.29, 0.717) is 41.0 Å². The molecule has 34 heavy (non-hydrogen) atoms. The highest BCUT2D eigenvalue weighted by Crippen LogP contribution is 2.48. The number of hydrogen-bond acceptors (Lipinski definition) is 9. The predicted octanol–water partition coefficient (Wildman–Crippen LogP) is 2.62. The maximum atomic E-state index is 13.2. The first-order valence-corrected chi connectivity index (χ1v) is 12.0. The van der Waals surface area contributed by atoms with Crippen molar-refractivity contribution in [2.45, 2.75) is 19.4 Å². The summed E-state index contributed by atoms with van der Waals surface area (Å²) in [7, 11) is 6.56. The fourth-order valence-electron chi connectivity index (χ4n) is 4.48. The predicted molar refractivity (Wildman–Crippen MR) is 131 cm³/mol. The third-order valence-corrected chi connectivity index (χ3v) is 7.21. The highest BCUT2D eigenvalue weighted by atomic mass is 32.2. The van der Waals surface area contributed by atoms with Crippen LogP contribution in [0.4, 0.5) is 0 Å². The fourth-order valence-corrected chi connectivity index (χ4v) is 5.45. The molecule has 10 heteroatoms. The Hall–Kier alpha value is -2.98. The zero-order valence-corrected chi connectivity index (χ0v) is 21.0. The van der Waals surface area contributed by atoms with Crippen LogP contribution in [-0.2, 0) is 14.3 Å². The lowest BCUT2D eigenvalue weighted by Crippen LogP contribution is -2.47. The molecule has 9 nitrogen and oxygen atoms in total. The summed E-state index contributed by atoms with van der Waals surface area (Å²) in [5.41, 5.74) is 2.49. The standard InChI is InChI=1S/C24H30N4O5S/c1-15-20(23(30)33-5)21(17-7-6-8-18(31-3)22(17)32-4)28-16(14-34-24(28)25-15)13-19(29)27-11-9-26(2)10-12-27/h6-8,14,21H,9-13H2,1-5H3/t21-/m0/s1. The van der Waals surface area contributed by atoms with Gasteiger partial charge in [0.05, 0.1) is 45.1 Å². The molecule has 4 rings (SSSR count). The van der Waals surface area contributed by atoms with E-state index in [9.17, 15) is 9.59 Å². The summed E-state index contributed by atoms with van der Waals surface area (Å²) in [4.78, 5) is 36.9. The van der Waals surface area contributed by atoms with Gasteiger partial charge in [-0.3, -0.25) is 4.79 Å². The van der Waals surface area contributed by atoms with Crippen LogP contribution in [0.1, 0.15) is 24.9 Å². The number of hydrogen-bond donors (Lipinski definition) is 0. The number of fused-ring (bicyclic) bond motifs is 1. The number of allylic oxidation sites excluding steroid dienone is 1. The van der Waals surface area contributed by atoms with Crippen molar-refractivity contribution in [1.82, 2.24) is 14.7 Å². The number of para-hydroxylation sites is 1. The van der Waals surface area contributed by atoms with Crippen molar-refractivity contribution in [3.05, 3.63) is 46.1 Å². The molecule has 1 atom stereocenters. The topological polar surface area (TPSA) is 83.9 Å². The molecule has 0 aromatic heterocycles. The monoisotopic (exact) mass is 486 g/mol. The Kier molecular flexibility index (Phi) is 7.18. The van der Waals surface area contributed by atoms with Gasteiger partial charge in [-0.15, -0.1) is 0 Å². The van der Waals surface area contributed by atoms with E-state index >= 15 is 0 Å². The van der Waals surface area contributed by atoms with Gasteiger partial charge < -0.3 is 28.9 Å². The largest absolute Gasteiger partial charge is 0.493 e. The number of ether oxygens (including phenoxy) is 3. The molecule has 1 aromatic rings. The Bertz CT molecular complexity index is 1080. The summed E-state index contributed by atoms with van der Waals surface area (Å²) < 4.78 is 16.4. The first-order chi connectivity index (χ1) is 16.4. The Labute approximate surface area is 204 Å². The van der Waals surface area contributed by atoms with Gasteiger partial charge in [-0.05, 0) is 25.4 Å². The van der Waals surface area contributed by atoms with Gasteiger partial charge in [0, 0.05) is 37.4 Å². The number of amidine groups is 1. The van der Waals surface area contributed by atoms with Gasteiger partial charge in [-0.2, -0.15) is 0 Å². The second-order valence-electron chi connectivity index (χ2n) is 8.33. The van der Waals surface area contributed by atoms with Crippen LogP contribution >= 0.6 is 11.8 Å². The number of methoxy groups -OCH3 is 3. The number of nitrogens with zero attached hydrogens (tertiary/aromatic N) is 4. The Morgan fingerprint density at radius 3 is 2.50 bits per heavy atom. The Balaban J connectivity index is 1.74. The fraction of sp³-hybridized carbons (Fsp3) is 0.458. The van der Waals surface area contributed by atoms with Crippen LogP contribution in [0.25, 0.3) is 0 Å². The van der Waals surface area contributed by atoms with E-state index in [-0.39, 0.29) is 12.3 Å². The molecule has 0 spiro atoms. The van der Waals surface area contributed by atoms with E-state index in [2.05, 4.69) is 16.9 Å². The zero-order valence-electron chi connectivity index (χ0n) is 20.2. The SMILES string of the molecule is COC(=O)C1=C(C)N=C2SC=C(CC(=O)N3CCN(C)CC3)N2[C@H]1c1cccc(OC)c1OC. The van der Waals surface area contributed by atoms with Gasteiger partial charge in [-0.1, -0.05) is 23.9 Å². The van der Waals surface area contributed by atoms with Crippen LogP contribution in [0.5, 0.6) is 11.5 Å². The molecule has 1 saturated heterocycles. The van der Waals surface area contributed by atoms with E-state index in [1.54, 1.807) is 27.2 Å². The summed E-state index contributed by atoms with van der Waals surface area (Å²) in [6, 6.07) is 4.98. The van der Waals surface area contributed by atoms with Gasteiger partial charge in [-0.25, -0.2) is 9.79 Å². The van der Waals surface area contributed by atoms with E-state index in [0.717, 1.165) is 24.4 Å².